The lowest BCUT2D eigenvalue weighted by molar-refractivity contribution is -0.384. The van der Waals surface area contributed by atoms with Gasteiger partial charge in [0.25, 0.3) is 11.6 Å². The van der Waals surface area contributed by atoms with E-state index in [4.69, 9.17) is 0 Å². The second-order valence-electron chi connectivity index (χ2n) is 5.08. The van der Waals surface area contributed by atoms with E-state index in [-0.39, 0.29) is 11.6 Å². The maximum Gasteiger partial charge on any atom is 0.271 e. The fourth-order valence-electron chi connectivity index (χ4n) is 2.19. The van der Waals surface area contributed by atoms with Crippen molar-refractivity contribution in [1.82, 2.24) is 15.4 Å². The number of fused-ring (bicyclic) bond motifs is 1. The van der Waals surface area contributed by atoms with E-state index in [0.29, 0.717) is 16.8 Å². The smallest absolute Gasteiger partial charge is 0.271 e. The molecule has 1 aromatic heterocycles. The molecular formula is C16H13N5O3. The molecule has 1 amide bonds. The standard InChI is InChI=1S/C16H13N5O3/c1-10(11-3-2-4-13(7-11)21(23)24)19-20-16(22)12-5-6-14-15(8-12)18-9-17-14/h2-9H,1H3,(H,17,18)(H,20,22)/b19-10+. The number of hydrazone groups is 1. The molecule has 0 unspecified atom stereocenters. The zero-order chi connectivity index (χ0) is 17.1. The minimum absolute atomic E-state index is 0.0296. The van der Waals surface area contributed by atoms with Gasteiger partial charge in [0.2, 0.25) is 0 Å². The van der Waals surface area contributed by atoms with E-state index in [0.717, 1.165) is 11.0 Å². The lowest BCUT2D eigenvalue weighted by Crippen LogP contribution is -2.19. The fraction of sp³-hybridized carbons (Fsp3) is 0.0625. The van der Waals surface area contributed by atoms with E-state index in [1.807, 2.05) is 0 Å². The van der Waals surface area contributed by atoms with Gasteiger partial charge in [0.1, 0.15) is 0 Å². The molecule has 0 fully saturated rings. The van der Waals surface area contributed by atoms with Crippen LogP contribution >= 0.6 is 0 Å². The van der Waals surface area contributed by atoms with Crippen LogP contribution in [0.3, 0.4) is 0 Å². The molecule has 8 nitrogen and oxygen atoms in total. The molecule has 0 aliphatic heterocycles. The lowest BCUT2D eigenvalue weighted by Gasteiger charge is -2.03. The Kier molecular flexibility index (Phi) is 4.02. The number of carbonyl (C=O) groups excluding carboxylic acids is 1. The van der Waals surface area contributed by atoms with Gasteiger partial charge in [-0.25, -0.2) is 10.4 Å². The van der Waals surface area contributed by atoms with Crippen LogP contribution in [0.1, 0.15) is 22.8 Å². The number of nitro groups is 1. The number of amides is 1. The van der Waals surface area contributed by atoms with Gasteiger partial charge in [-0.1, -0.05) is 12.1 Å². The summed E-state index contributed by atoms with van der Waals surface area (Å²) in [7, 11) is 0. The van der Waals surface area contributed by atoms with Crippen LogP contribution in [0.25, 0.3) is 11.0 Å². The first-order chi connectivity index (χ1) is 11.5. The van der Waals surface area contributed by atoms with Gasteiger partial charge in [-0.2, -0.15) is 5.10 Å². The number of nitrogens with zero attached hydrogens (tertiary/aromatic N) is 3. The molecule has 8 heteroatoms. The van der Waals surface area contributed by atoms with Crippen LogP contribution in [-0.2, 0) is 0 Å². The summed E-state index contributed by atoms with van der Waals surface area (Å²) in [6, 6.07) is 11.1. The van der Waals surface area contributed by atoms with Crippen molar-refractivity contribution in [3.8, 4) is 0 Å². The number of rotatable bonds is 4. The van der Waals surface area contributed by atoms with E-state index in [9.17, 15) is 14.9 Å². The van der Waals surface area contributed by atoms with Crippen LogP contribution in [-0.4, -0.2) is 26.5 Å². The average Bonchev–Trinajstić information content (AvgIpc) is 3.07. The topological polar surface area (TPSA) is 113 Å². The summed E-state index contributed by atoms with van der Waals surface area (Å²) >= 11 is 0. The first-order valence-electron chi connectivity index (χ1n) is 7.07. The van der Waals surface area contributed by atoms with Gasteiger partial charge in [0.05, 0.1) is 28.0 Å². The number of nitro benzene ring substituents is 1. The summed E-state index contributed by atoms with van der Waals surface area (Å²) in [5.41, 5.74) is 5.40. The van der Waals surface area contributed by atoms with Gasteiger partial charge in [-0.15, -0.1) is 0 Å². The van der Waals surface area contributed by atoms with E-state index in [1.54, 1.807) is 43.6 Å². The number of hydrogen-bond acceptors (Lipinski definition) is 5. The second-order valence-corrected chi connectivity index (χ2v) is 5.08. The Morgan fingerprint density at radius 3 is 2.88 bits per heavy atom. The van der Waals surface area contributed by atoms with Crippen molar-refractivity contribution in [2.75, 3.05) is 0 Å². The molecule has 0 spiro atoms. The molecule has 3 rings (SSSR count). The maximum absolute atomic E-state index is 12.2. The molecule has 0 saturated carbocycles. The highest BCUT2D eigenvalue weighted by atomic mass is 16.6. The molecule has 0 saturated heterocycles. The lowest BCUT2D eigenvalue weighted by atomic mass is 10.1. The van der Waals surface area contributed by atoms with Crippen LogP contribution in [0, 0.1) is 10.1 Å². The summed E-state index contributed by atoms with van der Waals surface area (Å²) in [5, 5.41) is 14.8. The maximum atomic E-state index is 12.2. The third kappa shape index (κ3) is 3.12. The van der Waals surface area contributed by atoms with Gasteiger partial charge in [-0.05, 0) is 25.1 Å². The Labute approximate surface area is 136 Å². The number of benzene rings is 2. The predicted molar refractivity (Wildman–Crippen MR) is 88.9 cm³/mol. The normalized spacial score (nSPS) is 11.5. The van der Waals surface area contributed by atoms with Crippen molar-refractivity contribution >= 4 is 28.3 Å². The first-order valence-corrected chi connectivity index (χ1v) is 7.07. The Hall–Kier alpha value is -3.55. The van der Waals surface area contributed by atoms with E-state index >= 15 is 0 Å². The Balaban J connectivity index is 1.77. The van der Waals surface area contributed by atoms with Gasteiger partial charge in [0.15, 0.2) is 0 Å². The fourth-order valence-corrected chi connectivity index (χ4v) is 2.19. The van der Waals surface area contributed by atoms with E-state index in [2.05, 4.69) is 20.5 Å². The van der Waals surface area contributed by atoms with Crippen LogP contribution in [0.15, 0.2) is 53.9 Å². The number of aromatic nitrogens is 2. The molecule has 0 bridgehead atoms. The molecule has 2 aromatic carbocycles. The van der Waals surface area contributed by atoms with Crippen molar-refractivity contribution in [2.45, 2.75) is 6.92 Å². The molecule has 24 heavy (non-hydrogen) atoms. The molecule has 0 aliphatic rings. The Morgan fingerprint density at radius 1 is 1.25 bits per heavy atom. The summed E-state index contributed by atoms with van der Waals surface area (Å²) in [6.07, 6.45) is 1.55. The van der Waals surface area contributed by atoms with E-state index < -0.39 is 4.92 Å². The summed E-state index contributed by atoms with van der Waals surface area (Å²) in [6.45, 7) is 1.66. The predicted octanol–water partition coefficient (Wildman–Crippen LogP) is 2.63. The summed E-state index contributed by atoms with van der Waals surface area (Å²) < 4.78 is 0. The van der Waals surface area contributed by atoms with Crippen LogP contribution in [0.5, 0.6) is 0 Å². The van der Waals surface area contributed by atoms with Crippen molar-refractivity contribution in [3.63, 3.8) is 0 Å². The highest BCUT2D eigenvalue weighted by Gasteiger charge is 2.09. The number of hydrogen-bond donors (Lipinski definition) is 2. The molecule has 2 N–H and O–H groups in total. The minimum Gasteiger partial charge on any atom is -0.345 e. The summed E-state index contributed by atoms with van der Waals surface area (Å²) in [5.74, 6) is -0.378. The highest BCUT2D eigenvalue weighted by Crippen LogP contribution is 2.14. The summed E-state index contributed by atoms with van der Waals surface area (Å²) in [4.78, 5) is 29.5. The third-order valence-corrected chi connectivity index (χ3v) is 3.48. The average molecular weight is 323 g/mol. The number of nitrogens with one attached hydrogen (secondary N) is 2. The first kappa shape index (κ1) is 15.3. The number of aromatic amines is 1. The van der Waals surface area contributed by atoms with Gasteiger partial charge in [-0.3, -0.25) is 14.9 Å². The minimum atomic E-state index is -0.477. The third-order valence-electron chi connectivity index (χ3n) is 3.48. The van der Waals surface area contributed by atoms with E-state index in [1.165, 1.54) is 12.1 Å². The monoisotopic (exact) mass is 323 g/mol. The quantitative estimate of drug-likeness (QED) is 0.436. The van der Waals surface area contributed by atoms with Gasteiger partial charge in [0, 0.05) is 23.3 Å². The van der Waals surface area contributed by atoms with Crippen molar-refractivity contribution in [2.24, 2.45) is 5.10 Å². The van der Waals surface area contributed by atoms with Crippen LogP contribution in [0.2, 0.25) is 0 Å². The zero-order valence-corrected chi connectivity index (χ0v) is 12.7. The number of H-pyrrole nitrogens is 1. The molecule has 3 aromatic rings. The molecular weight excluding hydrogens is 310 g/mol. The van der Waals surface area contributed by atoms with Gasteiger partial charge < -0.3 is 4.98 Å². The largest absolute Gasteiger partial charge is 0.345 e. The molecule has 0 atom stereocenters. The molecule has 1 heterocycles. The number of non-ortho nitro benzene ring substituents is 1. The SMILES string of the molecule is C/C(=N\NC(=O)c1ccc2nc[nH]c2c1)c1cccc([N+](=O)[O-])c1. The second kappa shape index (κ2) is 6.29. The molecule has 120 valence electrons. The number of carbonyl (C=O) groups is 1. The van der Waals surface area contributed by atoms with Crippen LogP contribution < -0.4 is 5.43 Å². The van der Waals surface area contributed by atoms with Gasteiger partial charge >= 0.3 is 0 Å². The Morgan fingerprint density at radius 2 is 2.08 bits per heavy atom. The van der Waals surface area contributed by atoms with Crippen molar-refractivity contribution in [1.29, 1.82) is 0 Å². The van der Waals surface area contributed by atoms with Crippen LogP contribution in [0.4, 0.5) is 5.69 Å². The zero-order valence-electron chi connectivity index (χ0n) is 12.7. The number of imidazole rings is 1. The molecule has 0 radical (unpaired) electrons. The Bertz CT molecular complexity index is 961. The molecule has 0 aliphatic carbocycles. The highest BCUT2D eigenvalue weighted by molar-refractivity contribution is 6.02. The van der Waals surface area contributed by atoms with Crippen molar-refractivity contribution in [3.05, 3.63) is 70.0 Å². The van der Waals surface area contributed by atoms with Crippen molar-refractivity contribution < 1.29 is 9.72 Å².